The fourth-order valence-electron chi connectivity index (χ4n) is 3.59. The molecule has 0 spiro atoms. The van der Waals surface area contributed by atoms with Gasteiger partial charge in [-0.05, 0) is 41.5 Å². The van der Waals surface area contributed by atoms with E-state index in [1.54, 1.807) is 24.5 Å². The van der Waals surface area contributed by atoms with Gasteiger partial charge in [0.2, 0.25) is 0 Å². The molecule has 1 amide bonds. The minimum absolute atomic E-state index is 0.0353. The molecule has 2 aromatic heterocycles. The van der Waals surface area contributed by atoms with Crippen LogP contribution in [0.5, 0.6) is 0 Å². The summed E-state index contributed by atoms with van der Waals surface area (Å²) in [5.74, 6) is -0.0599. The summed E-state index contributed by atoms with van der Waals surface area (Å²) >= 11 is 0. The lowest BCUT2D eigenvalue weighted by molar-refractivity contribution is 0.0952. The monoisotopic (exact) mass is 384 g/mol. The van der Waals surface area contributed by atoms with Crippen molar-refractivity contribution in [3.05, 3.63) is 95.9 Å². The van der Waals surface area contributed by atoms with Crippen LogP contribution in [0.4, 0.5) is 5.69 Å². The molecule has 0 aliphatic carbocycles. The Bertz CT molecular complexity index is 1100. The summed E-state index contributed by atoms with van der Waals surface area (Å²) in [5.41, 5.74) is 5.19. The minimum atomic E-state index is -0.0952. The van der Waals surface area contributed by atoms with Crippen molar-refractivity contribution in [1.29, 1.82) is 0 Å². The number of aromatic amines is 1. The van der Waals surface area contributed by atoms with Crippen molar-refractivity contribution >= 4 is 22.5 Å². The first-order valence-electron chi connectivity index (χ1n) is 9.65. The van der Waals surface area contributed by atoms with Crippen molar-refractivity contribution < 1.29 is 4.79 Å². The third kappa shape index (κ3) is 3.99. The number of nitrogens with zero attached hydrogens (tertiary/aromatic N) is 2. The van der Waals surface area contributed by atoms with Crippen molar-refractivity contribution in [3.63, 3.8) is 0 Å². The molecule has 4 aromatic rings. The van der Waals surface area contributed by atoms with Crippen LogP contribution in [0, 0.1) is 0 Å². The van der Waals surface area contributed by atoms with Gasteiger partial charge >= 0.3 is 0 Å². The molecule has 29 heavy (non-hydrogen) atoms. The number of benzene rings is 2. The maximum absolute atomic E-state index is 12.6. The molecular weight excluding hydrogens is 360 g/mol. The van der Waals surface area contributed by atoms with E-state index in [2.05, 4.69) is 56.6 Å². The Morgan fingerprint density at radius 2 is 1.76 bits per heavy atom. The summed E-state index contributed by atoms with van der Waals surface area (Å²) in [7, 11) is 4.06. The molecule has 0 aliphatic rings. The van der Waals surface area contributed by atoms with Gasteiger partial charge in [0.25, 0.3) is 5.91 Å². The van der Waals surface area contributed by atoms with Gasteiger partial charge in [0.15, 0.2) is 0 Å². The fourth-order valence-corrected chi connectivity index (χ4v) is 3.59. The van der Waals surface area contributed by atoms with Gasteiger partial charge in [0.1, 0.15) is 0 Å². The molecule has 0 saturated carbocycles. The van der Waals surface area contributed by atoms with Crippen LogP contribution in [-0.4, -0.2) is 36.5 Å². The summed E-state index contributed by atoms with van der Waals surface area (Å²) in [6.45, 7) is 0.504. The molecule has 0 radical (unpaired) electrons. The van der Waals surface area contributed by atoms with Crippen LogP contribution in [-0.2, 0) is 0 Å². The third-order valence-electron chi connectivity index (χ3n) is 5.22. The van der Waals surface area contributed by atoms with Crippen LogP contribution in [0.15, 0.2) is 79.3 Å². The quantitative estimate of drug-likeness (QED) is 0.524. The standard InChI is InChI=1S/C24H24N4O/c1-28(2)19-9-7-17(8-10-19)21(15-27-24(29)18-11-13-25-14-12-18)22-16-26-23-6-4-3-5-20(22)23/h3-14,16,21,26H,15H2,1-2H3,(H,27,29). The van der Waals surface area contributed by atoms with Gasteiger partial charge in [-0.25, -0.2) is 0 Å². The number of anilines is 1. The van der Waals surface area contributed by atoms with Crippen molar-refractivity contribution in [3.8, 4) is 0 Å². The van der Waals surface area contributed by atoms with E-state index in [1.165, 1.54) is 10.9 Å². The average Bonchev–Trinajstić information content (AvgIpc) is 3.19. The number of hydrogen-bond donors (Lipinski definition) is 2. The highest BCUT2D eigenvalue weighted by molar-refractivity contribution is 5.94. The predicted octanol–water partition coefficient (Wildman–Crippen LogP) is 4.19. The largest absolute Gasteiger partial charge is 0.378 e. The van der Waals surface area contributed by atoms with E-state index in [1.807, 2.05) is 32.4 Å². The summed E-state index contributed by atoms with van der Waals surface area (Å²) in [6.07, 6.45) is 5.31. The number of fused-ring (bicyclic) bond motifs is 1. The Morgan fingerprint density at radius 1 is 1.03 bits per heavy atom. The average molecular weight is 384 g/mol. The zero-order valence-corrected chi connectivity index (χ0v) is 16.6. The number of H-pyrrole nitrogens is 1. The summed E-state index contributed by atoms with van der Waals surface area (Å²) in [5, 5.41) is 4.27. The molecule has 1 atom stereocenters. The number of nitrogens with one attached hydrogen (secondary N) is 2. The van der Waals surface area contributed by atoms with Gasteiger partial charge in [0, 0.05) is 67.3 Å². The number of pyridine rings is 1. The molecule has 5 nitrogen and oxygen atoms in total. The summed E-state index contributed by atoms with van der Waals surface area (Å²) in [6, 6.07) is 20.2. The molecular formula is C24H24N4O. The second kappa shape index (κ2) is 8.19. The molecule has 5 heteroatoms. The normalized spacial score (nSPS) is 11.9. The van der Waals surface area contributed by atoms with Crippen LogP contribution < -0.4 is 10.2 Å². The van der Waals surface area contributed by atoms with Crippen molar-refractivity contribution in [2.24, 2.45) is 0 Å². The fraction of sp³-hybridized carbons (Fsp3) is 0.167. The van der Waals surface area contributed by atoms with Gasteiger partial charge in [-0.3, -0.25) is 9.78 Å². The van der Waals surface area contributed by atoms with E-state index in [4.69, 9.17) is 0 Å². The first-order chi connectivity index (χ1) is 14.1. The highest BCUT2D eigenvalue weighted by atomic mass is 16.1. The van der Waals surface area contributed by atoms with E-state index >= 15 is 0 Å². The molecule has 0 aliphatic heterocycles. The van der Waals surface area contributed by atoms with Gasteiger partial charge in [-0.1, -0.05) is 30.3 Å². The summed E-state index contributed by atoms with van der Waals surface area (Å²) in [4.78, 5) is 22.0. The van der Waals surface area contributed by atoms with Crippen molar-refractivity contribution in [2.45, 2.75) is 5.92 Å². The van der Waals surface area contributed by atoms with E-state index in [0.717, 1.165) is 16.8 Å². The smallest absolute Gasteiger partial charge is 0.251 e. The Labute approximate surface area is 170 Å². The van der Waals surface area contributed by atoms with E-state index in [9.17, 15) is 4.79 Å². The number of rotatable bonds is 6. The maximum atomic E-state index is 12.6. The van der Waals surface area contributed by atoms with Crippen LogP contribution in [0.1, 0.15) is 27.4 Å². The van der Waals surface area contributed by atoms with Crippen LogP contribution in [0.2, 0.25) is 0 Å². The van der Waals surface area contributed by atoms with Gasteiger partial charge < -0.3 is 15.2 Å². The van der Waals surface area contributed by atoms with E-state index < -0.39 is 0 Å². The molecule has 0 fully saturated rings. The SMILES string of the molecule is CN(C)c1ccc(C(CNC(=O)c2ccncc2)c2c[nH]c3ccccc23)cc1. The lowest BCUT2D eigenvalue weighted by Crippen LogP contribution is -2.29. The molecule has 0 saturated heterocycles. The lowest BCUT2D eigenvalue weighted by atomic mass is 9.90. The first kappa shape index (κ1) is 18.7. The zero-order valence-electron chi connectivity index (χ0n) is 16.6. The molecule has 4 rings (SSSR count). The molecule has 146 valence electrons. The van der Waals surface area contributed by atoms with Crippen molar-refractivity contribution in [2.75, 3.05) is 25.5 Å². The number of carbonyl (C=O) groups excluding carboxylic acids is 1. The molecule has 2 N–H and O–H groups in total. The number of carbonyl (C=O) groups is 1. The van der Waals surface area contributed by atoms with Gasteiger partial charge in [0.05, 0.1) is 0 Å². The van der Waals surface area contributed by atoms with E-state index in [0.29, 0.717) is 12.1 Å². The number of aromatic nitrogens is 2. The van der Waals surface area contributed by atoms with Gasteiger partial charge in [-0.15, -0.1) is 0 Å². The minimum Gasteiger partial charge on any atom is -0.378 e. The van der Waals surface area contributed by atoms with Gasteiger partial charge in [-0.2, -0.15) is 0 Å². The first-order valence-corrected chi connectivity index (χ1v) is 9.65. The lowest BCUT2D eigenvalue weighted by Gasteiger charge is -2.20. The van der Waals surface area contributed by atoms with Crippen LogP contribution >= 0.6 is 0 Å². The highest BCUT2D eigenvalue weighted by Gasteiger charge is 2.19. The second-order valence-electron chi connectivity index (χ2n) is 7.27. The van der Waals surface area contributed by atoms with E-state index in [-0.39, 0.29) is 11.8 Å². The highest BCUT2D eigenvalue weighted by Crippen LogP contribution is 2.31. The zero-order chi connectivity index (χ0) is 20.2. The maximum Gasteiger partial charge on any atom is 0.251 e. The van der Waals surface area contributed by atoms with Crippen LogP contribution in [0.25, 0.3) is 10.9 Å². The Kier molecular flexibility index (Phi) is 5.29. The summed E-state index contributed by atoms with van der Waals surface area (Å²) < 4.78 is 0. The molecule has 2 heterocycles. The Balaban J connectivity index is 1.66. The Hall–Kier alpha value is -3.60. The van der Waals surface area contributed by atoms with Crippen LogP contribution in [0.3, 0.4) is 0 Å². The molecule has 0 bridgehead atoms. The number of amides is 1. The topological polar surface area (TPSA) is 61.0 Å². The predicted molar refractivity (Wildman–Crippen MR) is 117 cm³/mol. The third-order valence-corrected chi connectivity index (χ3v) is 5.22. The second-order valence-corrected chi connectivity index (χ2v) is 7.27. The molecule has 2 aromatic carbocycles. The van der Waals surface area contributed by atoms with Crippen molar-refractivity contribution in [1.82, 2.24) is 15.3 Å². The Morgan fingerprint density at radius 3 is 2.48 bits per heavy atom. The molecule has 1 unspecified atom stereocenters. The number of hydrogen-bond acceptors (Lipinski definition) is 3. The number of para-hydroxylation sites is 1.